The Balaban J connectivity index is 2.79. The van der Waals surface area contributed by atoms with E-state index >= 15 is 0 Å². The van der Waals surface area contributed by atoms with Crippen molar-refractivity contribution in [3.05, 3.63) is 23.8 Å². The topological polar surface area (TPSA) is 73.6 Å². The van der Waals surface area contributed by atoms with Gasteiger partial charge in [0.05, 0.1) is 12.7 Å². The van der Waals surface area contributed by atoms with Crippen molar-refractivity contribution >= 4 is 17.3 Å². The molecule has 1 aromatic rings. The number of methoxy groups -OCH3 is 2. The molecule has 0 bridgehead atoms. The van der Waals surface area contributed by atoms with Gasteiger partial charge in [-0.25, -0.2) is 4.79 Å². The van der Waals surface area contributed by atoms with Crippen molar-refractivity contribution in [2.45, 2.75) is 20.3 Å². The Kier molecular flexibility index (Phi) is 5.82. The molecule has 0 aliphatic rings. The standard InChI is InChI=1S/C15H24N2O3/c1-15(2,7-8-19-3)10-17-13-6-5-11(16)9-12(13)14(18)20-4/h5-6,9,17H,7-8,10,16H2,1-4H3. The molecule has 0 atom stereocenters. The third-order valence-electron chi connectivity index (χ3n) is 3.19. The van der Waals surface area contributed by atoms with E-state index in [4.69, 9.17) is 15.2 Å². The molecule has 1 aromatic carbocycles. The zero-order chi connectivity index (χ0) is 15.2. The average molecular weight is 280 g/mol. The van der Waals surface area contributed by atoms with E-state index in [1.54, 1.807) is 25.3 Å². The third-order valence-corrected chi connectivity index (χ3v) is 3.19. The first-order chi connectivity index (χ1) is 9.39. The van der Waals surface area contributed by atoms with Crippen molar-refractivity contribution in [1.82, 2.24) is 0 Å². The molecule has 0 radical (unpaired) electrons. The molecule has 0 aromatic heterocycles. The maximum atomic E-state index is 11.7. The molecule has 1 rings (SSSR count). The van der Waals surface area contributed by atoms with E-state index < -0.39 is 5.97 Å². The first kappa shape index (κ1) is 16.3. The molecule has 0 unspecified atom stereocenters. The second-order valence-corrected chi connectivity index (χ2v) is 5.56. The lowest BCUT2D eigenvalue weighted by atomic mass is 9.89. The van der Waals surface area contributed by atoms with Crippen LogP contribution in [0.2, 0.25) is 0 Å². The monoisotopic (exact) mass is 280 g/mol. The molecule has 0 aliphatic carbocycles. The highest BCUT2D eigenvalue weighted by Gasteiger charge is 2.19. The highest BCUT2D eigenvalue weighted by Crippen LogP contribution is 2.24. The minimum atomic E-state index is -0.394. The fourth-order valence-corrected chi connectivity index (χ4v) is 1.80. The number of hydrogen-bond donors (Lipinski definition) is 2. The summed E-state index contributed by atoms with van der Waals surface area (Å²) < 4.78 is 9.88. The summed E-state index contributed by atoms with van der Waals surface area (Å²) in [7, 11) is 3.05. The highest BCUT2D eigenvalue weighted by molar-refractivity contribution is 5.96. The Hall–Kier alpha value is -1.75. The molecule has 5 heteroatoms. The lowest BCUT2D eigenvalue weighted by molar-refractivity contribution is 0.0601. The Morgan fingerprint density at radius 1 is 1.35 bits per heavy atom. The molecule has 3 N–H and O–H groups in total. The molecule has 0 amide bonds. The van der Waals surface area contributed by atoms with Gasteiger partial charge in [-0.2, -0.15) is 0 Å². The first-order valence-corrected chi connectivity index (χ1v) is 6.60. The van der Waals surface area contributed by atoms with Gasteiger partial charge in [0.1, 0.15) is 0 Å². The van der Waals surface area contributed by atoms with Crippen LogP contribution in [0.4, 0.5) is 11.4 Å². The number of anilines is 2. The van der Waals surface area contributed by atoms with Crippen LogP contribution in [0.25, 0.3) is 0 Å². The molecule has 0 heterocycles. The van der Waals surface area contributed by atoms with Crippen molar-refractivity contribution in [3.63, 3.8) is 0 Å². The van der Waals surface area contributed by atoms with E-state index in [-0.39, 0.29) is 5.41 Å². The highest BCUT2D eigenvalue weighted by atomic mass is 16.5. The quantitative estimate of drug-likeness (QED) is 0.593. The second-order valence-electron chi connectivity index (χ2n) is 5.56. The largest absolute Gasteiger partial charge is 0.465 e. The van der Waals surface area contributed by atoms with Gasteiger partial charge in [0.2, 0.25) is 0 Å². The number of nitrogen functional groups attached to an aromatic ring is 1. The number of rotatable bonds is 7. The van der Waals surface area contributed by atoms with Crippen LogP contribution in [0.5, 0.6) is 0 Å². The van der Waals surface area contributed by atoms with Crippen molar-refractivity contribution in [1.29, 1.82) is 0 Å². The number of carbonyl (C=O) groups excluding carboxylic acids is 1. The van der Waals surface area contributed by atoms with Gasteiger partial charge in [0, 0.05) is 31.6 Å². The van der Waals surface area contributed by atoms with Gasteiger partial charge in [0.15, 0.2) is 0 Å². The first-order valence-electron chi connectivity index (χ1n) is 6.60. The fourth-order valence-electron chi connectivity index (χ4n) is 1.80. The summed E-state index contributed by atoms with van der Waals surface area (Å²) in [6, 6.07) is 5.18. The Morgan fingerprint density at radius 2 is 2.05 bits per heavy atom. The molecular weight excluding hydrogens is 256 g/mol. The van der Waals surface area contributed by atoms with Crippen LogP contribution in [0, 0.1) is 5.41 Å². The number of hydrogen-bond acceptors (Lipinski definition) is 5. The molecule has 0 saturated heterocycles. The zero-order valence-electron chi connectivity index (χ0n) is 12.7. The lowest BCUT2D eigenvalue weighted by Crippen LogP contribution is -2.25. The Labute approximate surface area is 120 Å². The molecule has 5 nitrogen and oxygen atoms in total. The van der Waals surface area contributed by atoms with E-state index in [1.807, 2.05) is 0 Å². The zero-order valence-corrected chi connectivity index (χ0v) is 12.7. The molecule has 20 heavy (non-hydrogen) atoms. The van der Waals surface area contributed by atoms with E-state index in [0.29, 0.717) is 17.9 Å². The third kappa shape index (κ3) is 4.74. The van der Waals surface area contributed by atoms with Crippen LogP contribution in [0.15, 0.2) is 18.2 Å². The molecule has 0 aliphatic heterocycles. The van der Waals surface area contributed by atoms with Crippen LogP contribution in [0.1, 0.15) is 30.6 Å². The Morgan fingerprint density at radius 3 is 2.65 bits per heavy atom. The predicted molar refractivity (Wildman–Crippen MR) is 81.0 cm³/mol. The number of esters is 1. The molecular formula is C15H24N2O3. The van der Waals surface area contributed by atoms with Gasteiger partial charge in [0.25, 0.3) is 0 Å². The maximum Gasteiger partial charge on any atom is 0.340 e. The van der Waals surface area contributed by atoms with Crippen molar-refractivity contribution in [2.75, 3.05) is 38.4 Å². The number of carbonyl (C=O) groups is 1. The summed E-state index contributed by atoms with van der Waals surface area (Å²) in [5.74, 6) is -0.394. The van der Waals surface area contributed by atoms with Crippen LogP contribution in [-0.4, -0.2) is 33.3 Å². The SMILES string of the molecule is COCCC(C)(C)CNc1ccc(N)cc1C(=O)OC. The van der Waals surface area contributed by atoms with Crippen LogP contribution >= 0.6 is 0 Å². The summed E-state index contributed by atoms with van der Waals surface area (Å²) in [4.78, 5) is 11.7. The predicted octanol–water partition coefficient (Wildman–Crippen LogP) is 2.53. The second kappa shape index (κ2) is 7.14. The van der Waals surface area contributed by atoms with Gasteiger partial charge >= 0.3 is 5.97 Å². The smallest absolute Gasteiger partial charge is 0.340 e. The maximum absolute atomic E-state index is 11.7. The molecule has 0 spiro atoms. The lowest BCUT2D eigenvalue weighted by Gasteiger charge is -2.25. The van der Waals surface area contributed by atoms with E-state index in [2.05, 4.69) is 19.2 Å². The van der Waals surface area contributed by atoms with Crippen LogP contribution < -0.4 is 11.1 Å². The number of benzene rings is 1. The van der Waals surface area contributed by atoms with Crippen molar-refractivity contribution in [3.8, 4) is 0 Å². The van der Waals surface area contributed by atoms with E-state index in [1.165, 1.54) is 7.11 Å². The van der Waals surface area contributed by atoms with Gasteiger partial charge in [-0.3, -0.25) is 0 Å². The van der Waals surface area contributed by atoms with Gasteiger partial charge in [-0.15, -0.1) is 0 Å². The normalized spacial score (nSPS) is 11.2. The average Bonchev–Trinajstić information content (AvgIpc) is 2.43. The molecule has 0 fully saturated rings. The summed E-state index contributed by atoms with van der Waals surface area (Å²) in [6.45, 7) is 5.73. The number of ether oxygens (including phenoxy) is 2. The summed E-state index contributed by atoms with van der Waals surface area (Å²) in [5, 5.41) is 3.29. The minimum Gasteiger partial charge on any atom is -0.465 e. The minimum absolute atomic E-state index is 0.0603. The van der Waals surface area contributed by atoms with Gasteiger partial charge < -0.3 is 20.5 Å². The van der Waals surface area contributed by atoms with E-state index in [0.717, 1.165) is 18.7 Å². The molecule has 0 saturated carbocycles. The van der Waals surface area contributed by atoms with Crippen LogP contribution in [-0.2, 0) is 9.47 Å². The van der Waals surface area contributed by atoms with Crippen molar-refractivity contribution in [2.24, 2.45) is 5.41 Å². The van der Waals surface area contributed by atoms with Crippen LogP contribution in [0.3, 0.4) is 0 Å². The number of nitrogens with one attached hydrogen (secondary N) is 1. The van der Waals surface area contributed by atoms with Crippen molar-refractivity contribution < 1.29 is 14.3 Å². The molecule has 112 valence electrons. The summed E-state index contributed by atoms with van der Waals surface area (Å²) in [6.07, 6.45) is 0.930. The fraction of sp³-hybridized carbons (Fsp3) is 0.533. The van der Waals surface area contributed by atoms with E-state index in [9.17, 15) is 4.79 Å². The Bertz CT molecular complexity index is 458. The summed E-state index contributed by atoms with van der Waals surface area (Å²) >= 11 is 0. The number of nitrogens with two attached hydrogens (primary N) is 1. The van der Waals surface area contributed by atoms with Gasteiger partial charge in [-0.1, -0.05) is 13.8 Å². The summed E-state index contributed by atoms with van der Waals surface area (Å²) in [5.41, 5.74) is 7.50. The van der Waals surface area contributed by atoms with Gasteiger partial charge in [-0.05, 0) is 30.0 Å².